The first-order valence-corrected chi connectivity index (χ1v) is 24.5. The van der Waals surface area contributed by atoms with Crippen molar-refractivity contribution in [2.45, 2.75) is 0 Å². The SMILES string of the molecule is C1=Cc2nc1c(-c1ccccc1)c1ccc([nH]1)c(-c1ccccc1)c1nc(c(-c3ccccc3)c3c(-c4ccccc4)c(-c4ccccc4)c(c2-c2ccccc2)n3-c2ccccc2)C(c2ccccc2)=C1.[Pt]. The van der Waals surface area contributed by atoms with Gasteiger partial charge in [-0.3, -0.25) is 0 Å². The second-order valence-corrected chi connectivity index (χ2v) is 18.1. The van der Waals surface area contributed by atoms with Crippen molar-refractivity contribution in [3.05, 3.63) is 283 Å². The summed E-state index contributed by atoms with van der Waals surface area (Å²) in [7, 11) is 0. The second-order valence-electron chi connectivity index (χ2n) is 18.1. The van der Waals surface area contributed by atoms with Gasteiger partial charge in [0.05, 0.1) is 33.8 Å². The maximum Gasteiger partial charge on any atom is 0.0816 e. The Morgan fingerprint density at radius 2 is 0.616 bits per heavy atom. The van der Waals surface area contributed by atoms with Gasteiger partial charge in [-0.25, -0.2) is 9.97 Å². The standard InChI is InChI=1S/C68H46N4.Pt/c1-9-25-46(26-10-1)54-45-59-61(48-29-13-3-14-30-48)57-42-41-55(69-57)60(47-27-11-2-12-28-47)56-43-44-58(70-56)62(49-31-15-4-16-32-49)67-63(50-33-17-5-18-34-50)64(51-35-19-6-20-36-51)68(72(67)53-39-23-8-24-40-53)65(66(54)71-59)52-37-21-7-22-38-52;/h1-45,69H;. The van der Waals surface area contributed by atoms with Gasteiger partial charge >= 0.3 is 0 Å². The van der Waals surface area contributed by atoms with Gasteiger partial charge in [0.2, 0.25) is 0 Å². The number of nitrogens with zero attached hydrogens (tertiary/aromatic N) is 3. The molecule has 5 heterocycles. The number of nitrogens with one attached hydrogen (secondary N) is 1. The number of hydrogen-bond acceptors (Lipinski definition) is 2. The van der Waals surface area contributed by atoms with E-state index in [1.807, 2.05) is 0 Å². The van der Waals surface area contributed by atoms with E-state index >= 15 is 0 Å². The topological polar surface area (TPSA) is 46.5 Å². The van der Waals surface area contributed by atoms with Gasteiger partial charge in [0.1, 0.15) is 0 Å². The van der Waals surface area contributed by atoms with Crippen molar-refractivity contribution >= 4 is 45.9 Å². The normalized spacial score (nSPS) is 11.8. The van der Waals surface area contributed by atoms with Crippen LogP contribution >= 0.6 is 0 Å². The minimum Gasteiger partial charge on any atom is -0.354 e. The summed E-state index contributed by atoms with van der Waals surface area (Å²) in [5.41, 5.74) is 23.1. The zero-order valence-electron chi connectivity index (χ0n) is 39.6. The Kier molecular flexibility index (Phi) is 12.2. The maximum absolute atomic E-state index is 6.00. The van der Waals surface area contributed by atoms with Crippen molar-refractivity contribution in [3.8, 4) is 72.4 Å². The van der Waals surface area contributed by atoms with E-state index in [1.165, 1.54) is 0 Å². The Labute approximate surface area is 439 Å². The fourth-order valence-corrected chi connectivity index (χ4v) is 10.6. The Balaban J connectivity index is 0.00000543. The molecule has 1 N–H and O–H groups in total. The van der Waals surface area contributed by atoms with Crippen LogP contribution in [0.15, 0.2) is 255 Å². The average molecular weight is 1110 g/mol. The number of aromatic nitrogens is 4. The molecule has 0 saturated heterocycles. The van der Waals surface area contributed by atoms with Crippen molar-refractivity contribution in [1.82, 2.24) is 19.5 Å². The predicted octanol–water partition coefficient (Wildman–Crippen LogP) is 17.5. The summed E-state index contributed by atoms with van der Waals surface area (Å²) >= 11 is 0. The molecule has 3 aromatic heterocycles. The Hall–Kier alpha value is -8.95. The molecule has 73 heavy (non-hydrogen) atoms. The smallest absolute Gasteiger partial charge is 0.0816 e. The Morgan fingerprint density at radius 3 is 1.05 bits per heavy atom. The molecular weight excluding hydrogens is 1070 g/mol. The van der Waals surface area contributed by atoms with Gasteiger partial charge in [-0.2, -0.15) is 0 Å². The van der Waals surface area contributed by atoms with E-state index in [1.54, 1.807) is 0 Å². The van der Waals surface area contributed by atoms with Crippen molar-refractivity contribution in [2.75, 3.05) is 0 Å². The summed E-state index contributed by atoms with van der Waals surface area (Å²) in [5.74, 6) is 0. The van der Waals surface area contributed by atoms with Crippen LogP contribution in [-0.4, -0.2) is 19.5 Å². The van der Waals surface area contributed by atoms with Gasteiger partial charge in [-0.1, -0.05) is 231 Å². The van der Waals surface area contributed by atoms with Gasteiger partial charge in [-0.05, 0) is 81.4 Å². The third-order valence-electron chi connectivity index (χ3n) is 13.8. The Bertz CT molecular complexity index is 4020. The molecule has 5 heteroatoms. The molecule has 0 amide bonds. The van der Waals surface area contributed by atoms with Gasteiger partial charge in [-0.15, -0.1) is 0 Å². The molecule has 348 valence electrons. The minimum absolute atomic E-state index is 0. The summed E-state index contributed by atoms with van der Waals surface area (Å²) in [6.07, 6.45) is 6.71. The number of benzene rings is 8. The number of para-hydroxylation sites is 1. The van der Waals surface area contributed by atoms with Crippen LogP contribution in [0.3, 0.4) is 0 Å². The number of H-pyrrole nitrogens is 1. The molecule has 8 aromatic carbocycles. The molecule has 2 aliphatic heterocycles. The van der Waals surface area contributed by atoms with E-state index in [0.717, 1.165) is 128 Å². The first kappa shape index (κ1) is 45.2. The molecule has 0 spiro atoms. The summed E-state index contributed by atoms with van der Waals surface area (Å²) in [6.45, 7) is 0. The third-order valence-corrected chi connectivity index (χ3v) is 13.8. The number of aromatic amines is 1. The fraction of sp³-hybridized carbons (Fsp3) is 0. The average Bonchev–Trinajstić information content (AvgIpc) is 4.29. The summed E-state index contributed by atoms with van der Waals surface area (Å²) in [6, 6.07) is 90.8. The molecule has 0 radical (unpaired) electrons. The maximum atomic E-state index is 6.00. The zero-order valence-corrected chi connectivity index (χ0v) is 41.9. The molecule has 0 unspecified atom stereocenters. The monoisotopic (exact) mass is 1110 g/mol. The molecule has 2 aliphatic rings. The molecule has 4 nitrogen and oxygen atoms in total. The number of rotatable bonds is 8. The van der Waals surface area contributed by atoms with Crippen LogP contribution in [0, 0.1) is 0 Å². The van der Waals surface area contributed by atoms with E-state index in [2.05, 4.69) is 283 Å². The Morgan fingerprint density at radius 1 is 0.288 bits per heavy atom. The van der Waals surface area contributed by atoms with Crippen LogP contribution in [0.4, 0.5) is 0 Å². The second kappa shape index (κ2) is 19.7. The van der Waals surface area contributed by atoms with Crippen LogP contribution in [0.2, 0.25) is 0 Å². The van der Waals surface area contributed by atoms with Crippen LogP contribution in [0.5, 0.6) is 0 Å². The van der Waals surface area contributed by atoms with E-state index in [9.17, 15) is 0 Å². The van der Waals surface area contributed by atoms with Gasteiger partial charge < -0.3 is 9.55 Å². The molecule has 13 rings (SSSR count). The van der Waals surface area contributed by atoms with Gasteiger partial charge in [0.15, 0.2) is 0 Å². The largest absolute Gasteiger partial charge is 0.354 e. The van der Waals surface area contributed by atoms with Crippen molar-refractivity contribution in [3.63, 3.8) is 0 Å². The van der Waals surface area contributed by atoms with E-state index in [-0.39, 0.29) is 21.1 Å². The van der Waals surface area contributed by atoms with Crippen molar-refractivity contribution < 1.29 is 21.1 Å². The van der Waals surface area contributed by atoms with E-state index in [4.69, 9.17) is 9.97 Å². The molecule has 11 aromatic rings. The summed E-state index contributed by atoms with van der Waals surface area (Å²) in [5, 5.41) is 0. The van der Waals surface area contributed by atoms with Crippen LogP contribution in [-0.2, 0) is 21.1 Å². The van der Waals surface area contributed by atoms with Crippen LogP contribution in [0.25, 0.3) is 118 Å². The molecule has 0 saturated carbocycles. The first-order valence-electron chi connectivity index (χ1n) is 24.5. The predicted molar refractivity (Wildman–Crippen MR) is 301 cm³/mol. The first-order chi connectivity index (χ1) is 35.8. The number of hydrogen-bond donors (Lipinski definition) is 1. The molecule has 0 atom stereocenters. The minimum atomic E-state index is 0. The van der Waals surface area contributed by atoms with Gasteiger partial charge in [0, 0.05) is 76.7 Å². The molecule has 8 bridgehead atoms. The number of fused-ring (bicyclic) bond motifs is 8. The zero-order chi connectivity index (χ0) is 47.8. The van der Waals surface area contributed by atoms with E-state index < -0.39 is 0 Å². The van der Waals surface area contributed by atoms with Crippen molar-refractivity contribution in [1.29, 1.82) is 0 Å². The molecule has 0 fully saturated rings. The van der Waals surface area contributed by atoms with E-state index in [0.29, 0.717) is 0 Å². The molecule has 0 aliphatic carbocycles. The summed E-state index contributed by atoms with van der Waals surface area (Å²) < 4.78 is 2.51. The van der Waals surface area contributed by atoms with Crippen molar-refractivity contribution in [2.24, 2.45) is 0 Å². The van der Waals surface area contributed by atoms with Crippen LogP contribution < -0.4 is 0 Å². The van der Waals surface area contributed by atoms with Crippen LogP contribution in [0.1, 0.15) is 28.3 Å². The fourth-order valence-electron chi connectivity index (χ4n) is 10.6. The molecular formula is C68H46N4Pt. The third kappa shape index (κ3) is 8.22. The summed E-state index contributed by atoms with van der Waals surface area (Å²) in [4.78, 5) is 15.7. The van der Waals surface area contributed by atoms with Gasteiger partial charge in [0.25, 0.3) is 0 Å². The quantitative estimate of drug-likeness (QED) is 0.165.